The van der Waals surface area contributed by atoms with Crippen molar-refractivity contribution in [2.24, 2.45) is 0 Å². The Kier molecular flexibility index (Phi) is 2.60. The number of hydrogen-bond donors (Lipinski definition) is 1. The summed E-state index contributed by atoms with van der Waals surface area (Å²) >= 11 is 0. The highest BCUT2D eigenvalue weighted by atomic mass is 16.5. The zero-order valence-electron chi connectivity index (χ0n) is 8.68. The van der Waals surface area contributed by atoms with Gasteiger partial charge < -0.3 is 9.84 Å². The zero-order valence-corrected chi connectivity index (χ0v) is 8.68. The quantitative estimate of drug-likeness (QED) is 0.798. The van der Waals surface area contributed by atoms with Gasteiger partial charge in [-0.2, -0.15) is 0 Å². The van der Waals surface area contributed by atoms with Gasteiger partial charge in [0.2, 0.25) is 0 Å². The Morgan fingerprint density at radius 3 is 2.73 bits per heavy atom. The number of benzene rings is 1. The molecule has 1 N–H and O–H groups in total. The Morgan fingerprint density at radius 1 is 1.27 bits per heavy atom. The van der Waals surface area contributed by atoms with Crippen LogP contribution in [-0.2, 0) is 5.60 Å². The summed E-state index contributed by atoms with van der Waals surface area (Å²) in [6, 6.07) is 7.55. The minimum absolute atomic E-state index is 0.587. The van der Waals surface area contributed by atoms with Crippen LogP contribution in [0.1, 0.15) is 12.0 Å². The first kappa shape index (κ1) is 9.99. The fraction of sp³-hybridized carbons (Fsp3) is 0.231. The molecule has 2 heteroatoms. The largest absolute Gasteiger partial charge is 0.496 e. The fourth-order valence-corrected chi connectivity index (χ4v) is 1.81. The second kappa shape index (κ2) is 3.91. The molecule has 2 rings (SSSR count). The third-order valence-electron chi connectivity index (χ3n) is 2.62. The van der Waals surface area contributed by atoms with Crippen molar-refractivity contribution < 1.29 is 9.84 Å². The molecule has 0 heterocycles. The minimum atomic E-state index is -0.929. The molecule has 0 bridgehead atoms. The van der Waals surface area contributed by atoms with E-state index in [-0.39, 0.29) is 0 Å². The number of rotatable bonds is 2. The molecule has 0 aliphatic heterocycles. The third kappa shape index (κ3) is 1.81. The molecule has 1 aromatic rings. The Bertz CT molecular complexity index is 407. The van der Waals surface area contributed by atoms with Gasteiger partial charge in [0.25, 0.3) is 0 Å². The highest BCUT2D eigenvalue weighted by Crippen LogP contribution is 2.35. The van der Waals surface area contributed by atoms with E-state index in [0.717, 1.165) is 11.3 Å². The summed E-state index contributed by atoms with van der Waals surface area (Å²) in [5.41, 5.74) is -0.116. The molecule has 2 nitrogen and oxygen atoms in total. The molecular weight excluding hydrogens is 188 g/mol. The zero-order chi connectivity index (χ0) is 10.7. The summed E-state index contributed by atoms with van der Waals surface area (Å²) in [6.07, 6.45) is 8.13. The topological polar surface area (TPSA) is 29.5 Å². The molecule has 0 saturated carbocycles. The summed E-state index contributed by atoms with van der Waals surface area (Å²) in [7, 11) is 1.62. The number of allylic oxidation sites excluding steroid dienone is 2. The first-order chi connectivity index (χ1) is 7.26. The van der Waals surface area contributed by atoms with Crippen molar-refractivity contribution in [1.82, 2.24) is 0 Å². The Morgan fingerprint density at radius 2 is 2.07 bits per heavy atom. The Labute approximate surface area is 89.5 Å². The number of hydrogen-bond acceptors (Lipinski definition) is 2. The molecular formula is C13H14O2. The summed E-state index contributed by atoms with van der Waals surface area (Å²) in [5.74, 6) is 0.722. The molecule has 1 atom stereocenters. The Hall–Kier alpha value is -1.54. The molecule has 0 spiro atoms. The maximum Gasteiger partial charge on any atom is 0.125 e. The lowest BCUT2D eigenvalue weighted by Gasteiger charge is -2.27. The van der Waals surface area contributed by atoms with Gasteiger partial charge in [0.15, 0.2) is 0 Å². The molecule has 0 radical (unpaired) electrons. The van der Waals surface area contributed by atoms with Crippen LogP contribution in [0.4, 0.5) is 0 Å². The van der Waals surface area contributed by atoms with Crippen LogP contribution in [-0.4, -0.2) is 12.2 Å². The number of methoxy groups -OCH3 is 1. The monoisotopic (exact) mass is 202 g/mol. The second-order valence-corrected chi connectivity index (χ2v) is 3.62. The van der Waals surface area contributed by atoms with Gasteiger partial charge in [-0.1, -0.05) is 36.4 Å². The van der Waals surface area contributed by atoms with Crippen molar-refractivity contribution in [2.45, 2.75) is 12.0 Å². The highest BCUT2D eigenvalue weighted by molar-refractivity contribution is 5.42. The van der Waals surface area contributed by atoms with Gasteiger partial charge in [-0.25, -0.2) is 0 Å². The average Bonchev–Trinajstić information content (AvgIpc) is 2.30. The third-order valence-corrected chi connectivity index (χ3v) is 2.62. The van der Waals surface area contributed by atoms with Gasteiger partial charge in [-0.3, -0.25) is 0 Å². The van der Waals surface area contributed by atoms with E-state index in [9.17, 15) is 5.11 Å². The van der Waals surface area contributed by atoms with Crippen LogP contribution in [0.2, 0.25) is 0 Å². The van der Waals surface area contributed by atoms with Crippen molar-refractivity contribution in [3.05, 3.63) is 54.1 Å². The summed E-state index contributed by atoms with van der Waals surface area (Å²) < 4.78 is 5.25. The van der Waals surface area contributed by atoms with Crippen LogP contribution in [0, 0.1) is 0 Å². The molecule has 1 aliphatic carbocycles. The minimum Gasteiger partial charge on any atom is -0.496 e. The second-order valence-electron chi connectivity index (χ2n) is 3.62. The van der Waals surface area contributed by atoms with Gasteiger partial charge >= 0.3 is 0 Å². The molecule has 0 aromatic heterocycles. The normalized spacial score (nSPS) is 24.1. The van der Waals surface area contributed by atoms with E-state index in [0.29, 0.717) is 6.42 Å². The maximum atomic E-state index is 10.4. The van der Waals surface area contributed by atoms with Crippen LogP contribution in [0.25, 0.3) is 0 Å². The molecule has 1 aromatic carbocycles. The molecule has 0 amide bonds. The van der Waals surface area contributed by atoms with E-state index in [2.05, 4.69) is 0 Å². The average molecular weight is 202 g/mol. The van der Waals surface area contributed by atoms with Crippen molar-refractivity contribution >= 4 is 0 Å². The van der Waals surface area contributed by atoms with Gasteiger partial charge in [-0.05, 0) is 12.1 Å². The van der Waals surface area contributed by atoms with Gasteiger partial charge in [0.05, 0.1) is 7.11 Å². The van der Waals surface area contributed by atoms with E-state index in [4.69, 9.17) is 4.74 Å². The molecule has 0 fully saturated rings. The predicted molar refractivity (Wildman–Crippen MR) is 59.8 cm³/mol. The van der Waals surface area contributed by atoms with Crippen molar-refractivity contribution in [3.8, 4) is 5.75 Å². The molecule has 1 aliphatic rings. The summed E-state index contributed by atoms with van der Waals surface area (Å²) in [5, 5.41) is 10.4. The van der Waals surface area contributed by atoms with Crippen LogP contribution in [0.5, 0.6) is 5.75 Å². The van der Waals surface area contributed by atoms with Gasteiger partial charge in [0, 0.05) is 12.0 Å². The fourth-order valence-electron chi connectivity index (χ4n) is 1.81. The van der Waals surface area contributed by atoms with Crippen LogP contribution in [0.3, 0.4) is 0 Å². The number of aliphatic hydroxyl groups is 1. The van der Waals surface area contributed by atoms with E-state index < -0.39 is 5.60 Å². The number of para-hydroxylation sites is 1. The lowest BCUT2D eigenvalue weighted by molar-refractivity contribution is 0.0885. The van der Waals surface area contributed by atoms with E-state index >= 15 is 0 Å². The molecule has 15 heavy (non-hydrogen) atoms. The van der Waals surface area contributed by atoms with E-state index in [1.807, 2.05) is 42.5 Å². The molecule has 0 saturated heterocycles. The first-order valence-corrected chi connectivity index (χ1v) is 4.96. The number of ether oxygens (including phenoxy) is 1. The van der Waals surface area contributed by atoms with E-state index in [1.54, 1.807) is 13.2 Å². The first-order valence-electron chi connectivity index (χ1n) is 4.96. The van der Waals surface area contributed by atoms with Crippen LogP contribution >= 0.6 is 0 Å². The lowest BCUT2D eigenvalue weighted by Crippen LogP contribution is -2.23. The van der Waals surface area contributed by atoms with Crippen LogP contribution < -0.4 is 4.74 Å². The smallest absolute Gasteiger partial charge is 0.125 e. The van der Waals surface area contributed by atoms with Crippen LogP contribution in [0.15, 0.2) is 48.6 Å². The van der Waals surface area contributed by atoms with Crippen molar-refractivity contribution in [3.63, 3.8) is 0 Å². The van der Waals surface area contributed by atoms with Crippen molar-refractivity contribution in [1.29, 1.82) is 0 Å². The lowest BCUT2D eigenvalue weighted by atomic mass is 9.87. The molecule has 1 unspecified atom stereocenters. The summed E-state index contributed by atoms with van der Waals surface area (Å²) in [6.45, 7) is 0. The molecule has 78 valence electrons. The van der Waals surface area contributed by atoms with E-state index in [1.165, 1.54) is 0 Å². The summed E-state index contributed by atoms with van der Waals surface area (Å²) in [4.78, 5) is 0. The maximum absolute atomic E-state index is 10.4. The van der Waals surface area contributed by atoms with Gasteiger partial charge in [0.1, 0.15) is 11.4 Å². The standard InChI is InChI=1S/C13H14O2/c1-15-12-8-4-3-7-11(12)13(14)9-5-2-6-10-13/h2-9,14H,10H2,1H3. The highest BCUT2D eigenvalue weighted by Gasteiger charge is 2.28. The SMILES string of the molecule is COc1ccccc1C1(O)C=CC=CC1. The Balaban J connectivity index is 2.44. The van der Waals surface area contributed by atoms with Gasteiger partial charge in [-0.15, -0.1) is 0 Å². The van der Waals surface area contributed by atoms with Crippen molar-refractivity contribution in [2.75, 3.05) is 7.11 Å². The predicted octanol–water partition coefficient (Wildman–Crippen LogP) is 2.40.